The average molecular weight is 248 g/mol. The molecule has 0 aliphatic carbocycles. The lowest BCUT2D eigenvalue weighted by Crippen LogP contribution is -2.27. The summed E-state index contributed by atoms with van der Waals surface area (Å²) in [4.78, 5) is 0. The zero-order chi connectivity index (χ0) is 13.2. The monoisotopic (exact) mass is 248 g/mol. The van der Waals surface area contributed by atoms with Gasteiger partial charge in [0.1, 0.15) is 11.9 Å². The number of aromatic nitrogens is 2. The second-order valence-electron chi connectivity index (χ2n) is 4.21. The third kappa shape index (κ3) is 3.06. The number of hydrogen-bond donors (Lipinski definition) is 3. The van der Waals surface area contributed by atoms with Gasteiger partial charge in [0.15, 0.2) is 0 Å². The van der Waals surface area contributed by atoms with E-state index in [9.17, 15) is 8.78 Å². The van der Waals surface area contributed by atoms with Crippen LogP contribution in [0.3, 0.4) is 0 Å². The van der Waals surface area contributed by atoms with E-state index < -0.39 is 12.5 Å². The molecule has 0 saturated heterocycles. The molecule has 1 unspecified atom stereocenters. The van der Waals surface area contributed by atoms with Crippen LogP contribution in [0.4, 0.5) is 20.3 Å². The zero-order valence-corrected chi connectivity index (χ0v) is 10.1. The van der Waals surface area contributed by atoms with Crippen molar-refractivity contribution >= 4 is 11.5 Å². The number of nitrogens with one attached hydrogen (secondary N) is 1. The molecule has 1 atom stereocenters. The first-order valence-corrected chi connectivity index (χ1v) is 5.37. The molecular formula is C10H18F2N4O. The summed E-state index contributed by atoms with van der Waals surface area (Å²) in [5, 5.41) is 15.9. The van der Waals surface area contributed by atoms with Gasteiger partial charge in [-0.15, -0.1) is 0 Å². The summed E-state index contributed by atoms with van der Waals surface area (Å²) in [6.07, 6.45) is -4.49. The molecule has 0 aliphatic rings. The molecule has 1 aromatic heterocycles. The number of halogens is 2. The van der Waals surface area contributed by atoms with Crippen molar-refractivity contribution in [2.75, 3.05) is 17.6 Å². The van der Waals surface area contributed by atoms with Crippen LogP contribution in [-0.4, -0.2) is 34.0 Å². The Balaban J connectivity index is 2.78. The van der Waals surface area contributed by atoms with Crippen molar-refractivity contribution in [3.8, 4) is 0 Å². The zero-order valence-electron chi connectivity index (χ0n) is 10.1. The molecule has 1 rings (SSSR count). The smallest absolute Gasteiger partial charge is 0.265 e. The van der Waals surface area contributed by atoms with E-state index in [-0.39, 0.29) is 12.5 Å². The standard InChI is InChI=1S/C10H18F2N4O/c1-5(2)8-7(13)10(16(3)15-8)14-4-6(17)9(11)12/h5-6,9,14,17H,4,13H2,1-3H3. The maximum atomic E-state index is 12.1. The van der Waals surface area contributed by atoms with E-state index >= 15 is 0 Å². The van der Waals surface area contributed by atoms with Crippen molar-refractivity contribution < 1.29 is 13.9 Å². The fourth-order valence-corrected chi connectivity index (χ4v) is 1.49. The van der Waals surface area contributed by atoms with E-state index in [0.717, 1.165) is 0 Å². The molecule has 0 radical (unpaired) electrons. The van der Waals surface area contributed by atoms with Gasteiger partial charge in [-0.25, -0.2) is 8.78 Å². The van der Waals surface area contributed by atoms with Crippen LogP contribution in [0.5, 0.6) is 0 Å². The number of nitrogens with zero attached hydrogens (tertiary/aromatic N) is 2. The van der Waals surface area contributed by atoms with Crippen molar-refractivity contribution in [2.24, 2.45) is 7.05 Å². The summed E-state index contributed by atoms with van der Waals surface area (Å²) in [7, 11) is 1.67. The minimum absolute atomic E-state index is 0.150. The summed E-state index contributed by atoms with van der Waals surface area (Å²) < 4.78 is 25.7. The molecule has 7 heteroatoms. The van der Waals surface area contributed by atoms with Crippen molar-refractivity contribution in [3.05, 3.63) is 5.69 Å². The number of hydrogen-bond acceptors (Lipinski definition) is 4. The molecular weight excluding hydrogens is 230 g/mol. The number of rotatable bonds is 5. The third-order valence-electron chi connectivity index (χ3n) is 2.43. The number of alkyl halides is 2. The minimum Gasteiger partial charge on any atom is -0.394 e. The topological polar surface area (TPSA) is 76.1 Å². The first-order chi connectivity index (χ1) is 7.84. The Morgan fingerprint density at radius 1 is 1.47 bits per heavy atom. The second kappa shape index (κ2) is 5.31. The van der Waals surface area contributed by atoms with E-state index in [4.69, 9.17) is 10.8 Å². The number of aliphatic hydroxyl groups excluding tert-OH is 1. The van der Waals surface area contributed by atoms with E-state index in [1.54, 1.807) is 7.05 Å². The molecule has 0 fully saturated rings. The molecule has 0 aromatic carbocycles. The summed E-state index contributed by atoms with van der Waals surface area (Å²) in [6.45, 7) is 3.62. The largest absolute Gasteiger partial charge is 0.394 e. The van der Waals surface area contributed by atoms with Gasteiger partial charge in [-0.1, -0.05) is 13.8 Å². The Morgan fingerprint density at radius 3 is 2.47 bits per heavy atom. The Kier molecular flexibility index (Phi) is 4.28. The van der Waals surface area contributed by atoms with Gasteiger partial charge in [-0.3, -0.25) is 4.68 Å². The second-order valence-corrected chi connectivity index (χ2v) is 4.21. The van der Waals surface area contributed by atoms with Gasteiger partial charge in [-0.05, 0) is 5.92 Å². The van der Waals surface area contributed by atoms with Crippen molar-refractivity contribution in [1.82, 2.24) is 9.78 Å². The Morgan fingerprint density at radius 2 is 2.06 bits per heavy atom. The number of aliphatic hydroxyl groups is 1. The summed E-state index contributed by atoms with van der Waals surface area (Å²) in [5.41, 5.74) is 7.00. The first-order valence-electron chi connectivity index (χ1n) is 5.37. The molecule has 0 bridgehead atoms. The highest BCUT2D eigenvalue weighted by Gasteiger charge is 2.20. The highest BCUT2D eigenvalue weighted by atomic mass is 19.3. The van der Waals surface area contributed by atoms with Crippen molar-refractivity contribution in [2.45, 2.75) is 32.3 Å². The molecule has 5 nitrogen and oxygen atoms in total. The maximum Gasteiger partial charge on any atom is 0.265 e. The van der Waals surface area contributed by atoms with Crippen LogP contribution in [0.15, 0.2) is 0 Å². The molecule has 0 saturated carbocycles. The lowest BCUT2D eigenvalue weighted by Gasteiger charge is -2.12. The highest BCUT2D eigenvalue weighted by molar-refractivity contribution is 5.65. The third-order valence-corrected chi connectivity index (χ3v) is 2.43. The number of nitrogen functional groups attached to an aromatic ring is 1. The molecule has 98 valence electrons. The van der Waals surface area contributed by atoms with Crippen LogP contribution < -0.4 is 11.1 Å². The molecule has 0 aliphatic heterocycles. The Labute approximate surface area is 98.6 Å². The lowest BCUT2D eigenvalue weighted by atomic mass is 10.1. The van der Waals surface area contributed by atoms with Crippen LogP contribution >= 0.6 is 0 Å². The van der Waals surface area contributed by atoms with Crippen LogP contribution in [0.25, 0.3) is 0 Å². The van der Waals surface area contributed by atoms with Gasteiger partial charge >= 0.3 is 0 Å². The van der Waals surface area contributed by atoms with Gasteiger partial charge in [0, 0.05) is 13.6 Å². The van der Waals surface area contributed by atoms with Crippen molar-refractivity contribution in [3.63, 3.8) is 0 Å². The predicted octanol–water partition coefficient (Wildman–Crippen LogP) is 1.16. The highest BCUT2D eigenvalue weighted by Crippen LogP contribution is 2.27. The summed E-state index contributed by atoms with van der Waals surface area (Å²) in [6, 6.07) is 0. The molecule has 1 heterocycles. The minimum atomic E-state index is -2.78. The SMILES string of the molecule is CC(C)c1nn(C)c(NCC(O)C(F)F)c1N. The summed E-state index contributed by atoms with van der Waals surface area (Å²) in [5.74, 6) is 0.602. The summed E-state index contributed by atoms with van der Waals surface area (Å²) >= 11 is 0. The normalized spacial score (nSPS) is 13.4. The Bertz CT molecular complexity index is 379. The molecule has 0 amide bonds. The van der Waals surface area contributed by atoms with Gasteiger partial charge in [-0.2, -0.15) is 5.10 Å². The Hall–Kier alpha value is -1.37. The fraction of sp³-hybridized carbons (Fsp3) is 0.700. The molecule has 1 aromatic rings. The fourth-order valence-electron chi connectivity index (χ4n) is 1.49. The number of anilines is 2. The maximum absolute atomic E-state index is 12.1. The van der Waals surface area contributed by atoms with E-state index in [1.807, 2.05) is 13.8 Å². The van der Waals surface area contributed by atoms with Gasteiger partial charge in [0.05, 0.1) is 11.4 Å². The number of aryl methyl sites for hydroxylation is 1. The van der Waals surface area contributed by atoms with Gasteiger partial charge in [0.25, 0.3) is 6.43 Å². The lowest BCUT2D eigenvalue weighted by molar-refractivity contribution is 0.00378. The molecule has 17 heavy (non-hydrogen) atoms. The number of nitrogens with two attached hydrogens (primary N) is 1. The van der Waals surface area contributed by atoms with Crippen LogP contribution in [-0.2, 0) is 7.05 Å². The van der Waals surface area contributed by atoms with E-state index in [1.165, 1.54) is 4.68 Å². The van der Waals surface area contributed by atoms with Crippen LogP contribution in [0.1, 0.15) is 25.5 Å². The van der Waals surface area contributed by atoms with Crippen LogP contribution in [0.2, 0.25) is 0 Å². The van der Waals surface area contributed by atoms with E-state index in [0.29, 0.717) is 17.2 Å². The van der Waals surface area contributed by atoms with E-state index in [2.05, 4.69) is 10.4 Å². The van der Waals surface area contributed by atoms with Crippen LogP contribution in [0, 0.1) is 0 Å². The average Bonchev–Trinajstić information content (AvgIpc) is 2.51. The van der Waals surface area contributed by atoms with Gasteiger partial charge in [0.2, 0.25) is 0 Å². The first kappa shape index (κ1) is 13.7. The molecule has 4 N–H and O–H groups in total. The van der Waals surface area contributed by atoms with Crippen molar-refractivity contribution in [1.29, 1.82) is 0 Å². The predicted molar refractivity (Wildman–Crippen MR) is 62.2 cm³/mol. The van der Waals surface area contributed by atoms with Gasteiger partial charge < -0.3 is 16.2 Å². The molecule has 0 spiro atoms. The quantitative estimate of drug-likeness (QED) is 0.731.